The van der Waals surface area contributed by atoms with Crippen LogP contribution in [0.25, 0.3) is 10.4 Å². The maximum absolute atomic E-state index is 13.1. The van der Waals surface area contributed by atoms with Gasteiger partial charge < -0.3 is 10.2 Å². The van der Waals surface area contributed by atoms with Crippen LogP contribution in [0.1, 0.15) is 24.6 Å². The van der Waals surface area contributed by atoms with Gasteiger partial charge >= 0.3 is 0 Å². The second-order valence-corrected chi connectivity index (χ2v) is 7.55. The van der Waals surface area contributed by atoms with Crippen LogP contribution in [0.15, 0.2) is 30.3 Å². The number of halogens is 1. The summed E-state index contributed by atoms with van der Waals surface area (Å²) in [6, 6.07) is 8.98. The highest BCUT2D eigenvalue weighted by Crippen LogP contribution is 2.36. The van der Waals surface area contributed by atoms with Crippen LogP contribution in [0.3, 0.4) is 0 Å². The summed E-state index contributed by atoms with van der Waals surface area (Å²) in [5.41, 5.74) is 2.37. The minimum Gasteiger partial charge on any atom is -0.373 e. The number of anilines is 1. The van der Waals surface area contributed by atoms with E-state index < -0.39 is 0 Å². The second-order valence-electron chi connectivity index (χ2n) is 6.29. The first kappa shape index (κ1) is 18.0. The molecule has 126 valence electrons. The molecule has 2 rings (SSSR count). The van der Waals surface area contributed by atoms with E-state index in [1.807, 2.05) is 19.2 Å². The third-order valence-electron chi connectivity index (χ3n) is 4.14. The predicted molar refractivity (Wildman–Crippen MR) is 100 cm³/mol. The molecule has 0 saturated heterocycles. The van der Waals surface area contributed by atoms with Crippen LogP contribution in [0.5, 0.6) is 0 Å². The fourth-order valence-electron chi connectivity index (χ4n) is 2.89. The molecule has 1 aromatic carbocycles. The van der Waals surface area contributed by atoms with Crippen molar-refractivity contribution in [2.24, 2.45) is 5.92 Å². The molecule has 1 N–H and O–H groups in total. The van der Waals surface area contributed by atoms with Gasteiger partial charge in [0.1, 0.15) is 5.82 Å². The summed E-state index contributed by atoms with van der Waals surface area (Å²) in [5.74, 6) is 0.483. The molecule has 0 saturated carbocycles. The molecule has 4 heteroatoms. The van der Waals surface area contributed by atoms with Gasteiger partial charge in [0.2, 0.25) is 0 Å². The van der Waals surface area contributed by atoms with Gasteiger partial charge in [-0.25, -0.2) is 4.39 Å². The lowest BCUT2D eigenvalue weighted by Crippen LogP contribution is -2.24. The second kappa shape index (κ2) is 8.46. The largest absolute Gasteiger partial charge is 0.373 e. The number of nitrogens with one attached hydrogen (secondary N) is 1. The Morgan fingerprint density at radius 3 is 2.61 bits per heavy atom. The van der Waals surface area contributed by atoms with E-state index in [9.17, 15) is 4.39 Å². The van der Waals surface area contributed by atoms with Crippen molar-refractivity contribution in [2.75, 3.05) is 32.1 Å². The molecule has 0 amide bonds. The Bertz CT molecular complexity index is 606. The van der Waals surface area contributed by atoms with Crippen molar-refractivity contribution in [2.45, 2.75) is 26.7 Å². The van der Waals surface area contributed by atoms with Gasteiger partial charge in [0.05, 0.1) is 5.69 Å². The zero-order chi connectivity index (χ0) is 16.8. The lowest BCUT2D eigenvalue weighted by Gasteiger charge is -2.23. The van der Waals surface area contributed by atoms with Gasteiger partial charge in [-0.15, -0.1) is 11.3 Å². The third kappa shape index (κ3) is 5.05. The summed E-state index contributed by atoms with van der Waals surface area (Å²) >= 11 is 1.78. The van der Waals surface area contributed by atoms with E-state index in [1.165, 1.54) is 40.4 Å². The summed E-state index contributed by atoms with van der Waals surface area (Å²) in [5, 5.41) is 3.20. The van der Waals surface area contributed by atoms with Crippen molar-refractivity contribution in [1.29, 1.82) is 0 Å². The van der Waals surface area contributed by atoms with E-state index in [1.54, 1.807) is 11.3 Å². The molecular formula is C19H27FN2S. The normalized spacial score (nSPS) is 12.4. The Morgan fingerprint density at radius 1 is 1.26 bits per heavy atom. The molecular weight excluding hydrogens is 307 g/mol. The van der Waals surface area contributed by atoms with E-state index in [2.05, 4.69) is 37.2 Å². The number of aryl methyl sites for hydroxylation is 1. The number of hydrogen-bond donors (Lipinski definition) is 1. The SMILES string of the molecule is CNCCCC(C)CN(C)c1cc(-c2ccc(F)cc2)sc1C. The Labute approximate surface area is 143 Å². The van der Waals surface area contributed by atoms with Gasteiger partial charge in [-0.2, -0.15) is 0 Å². The van der Waals surface area contributed by atoms with Crippen LogP contribution in [0.4, 0.5) is 10.1 Å². The number of nitrogens with zero attached hydrogens (tertiary/aromatic N) is 1. The molecule has 2 aromatic rings. The van der Waals surface area contributed by atoms with Crippen molar-refractivity contribution in [1.82, 2.24) is 5.32 Å². The van der Waals surface area contributed by atoms with Crippen LogP contribution in [0.2, 0.25) is 0 Å². The Hall–Kier alpha value is -1.39. The van der Waals surface area contributed by atoms with Crippen LogP contribution in [0, 0.1) is 18.7 Å². The van der Waals surface area contributed by atoms with Gasteiger partial charge in [0, 0.05) is 23.3 Å². The maximum Gasteiger partial charge on any atom is 0.123 e. The lowest BCUT2D eigenvalue weighted by molar-refractivity contribution is 0.502. The first-order chi connectivity index (χ1) is 11.0. The first-order valence-electron chi connectivity index (χ1n) is 8.23. The number of hydrogen-bond acceptors (Lipinski definition) is 3. The van der Waals surface area contributed by atoms with Crippen LogP contribution in [-0.4, -0.2) is 27.2 Å². The summed E-state index contributed by atoms with van der Waals surface area (Å²) in [7, 11) is 4.17. The van der Waals surface area contributed by atoms with E-state index in [-0.39, 0.29) is 5.82 Å². The number of thiophene rings is 1. The van der Waals surface area contributed by atoms with E-state index in [0.29, 0.717) is 5.92 Å². The number of benzene rings is 1. The smallest absolute Gasteiger partial charge is 0.123 e. The zero-order valence-electron chi connectivity index (χ0n) is 14.5. The first-order valence-corrected chi connectivity index (χ1v) is 9.05. The van der Waals surface area contributed by atoms with Crippen LogP contribution >= 0.6 is 11.3 Å². The Morgan fingerprint density at radius 2 is 1.96 bits per heavy atom. The van der Waals surface area contributed by atoms with E-state index in [4.69, 9.17) is 0 Å². The molecule has 0 radical (unpaired) electrons. The van der Waals surface area contributed by atoms with Gasteiger partial charge in [0.15, 0.2) is 0 Å². The molecule has 1 atom stereocenters. The highest BCUT2D eigenvalue weighted by atomic mass is 32.1. The van der Waals surface area contributed by atoms with Crippen molar-refractivity contribution in [3.05, 3.63) is 41.0 Å². The average Bonchev–Trinajstić information content (AvgIpc) is 2.90. The van der Waals surface area contributed by atoms with Gasteiger partial charge in [-0.1, -0.05) is 19.1 Å². The predicted octanol–water partition coefficient (Wildman–Crippen LogP) is 4.93. The Balaban J connectivity index is 2.03. The van der Waals surface area contributed by atoms with Crippen molar-refractivity contribution in [3.63, 3.8) is 0 Å². The van der Waals surface area contributed by atoms with Crippen LogP contribution < -0.4 is 10.2 Å². The quantitative estimate of drug-likeness (QED) is 0.688. The van der Waals surface area contributed by atoms with Gasteiger partial charge in [0.25, 0.3) is 0 Å². The Kier molecular flexibility index (Phi) is 6.60. The molecule has 2 nitrogen and oxygen atoms in total. The average molecular weight is 335 g/mol. The summed E-state index contributed by atoms with van der Waals surface area (Å²) in [6.45, 7) is 6.62. The number of rotatable bonds is 8. The lowest BCUT2D eigenvalue weighted by atomic mass is 10.0. The molecule has 0 aliphatic heterocycles. The minimum absolute atomic E-state index is 0.185. The molecule has 0 fully saturated rings. The molecule has 1 unspecified atom stereocenters. The maximum atomic E-state index is 13.1. The molecule has 0 aliphatic rings. The molecule has 0 bridgehead atoms. The molecule has 1 aromatic heterocycles. The topological polar surface area (TPSA) is 15.3 Å². The van der Waals surface area contributed by atoms with Gasteiger partial charge in [-0.05, 0) is 63.0 Å². The third-order valence-corrected chi connectivity index (χ3v) is 5.23. The molecule has 0 aliphatic carbocycles. The summed E-state index contributed by atoms with van der Waals surface area (Å²) in [6.07, 6.45) is 2.45. The van der Waals surface area contributed by atoms with E-state index in [0.717, 1.165) is 18.7 Å². The molecule has 0 spiro atoms. The monoisotopic (exact) mass is 334 g/mol. The highest BCUT2D eigenvalue weighted by molar-refractivity contribution is 7.16. The molecule has 1 heterocycles. The van der Waals surface area contributed by atoms with Crippen molar-refractivity contribution >= 4 is 17.0 Å². The van der Waals surface area contributed by atoms with Crippen molar-refractivity contribution < 1.29 is 4.39 Å². The minimum atomic E-state index is -0.185. The fraction of sp³-hybridized carbons (Fsp3) is 0.474. The van der Waals surface area contributed by atoms with Gasteiger partial charge in [-0.3, -0.25) is 0 Å². The van der Waals surface area contributed by atoms with Crippen LogP contribution in [-0.2, 0) is 0 Å². The fourth-order valence-corrected chi connectivity index (χ4v) is 3.97. The zero-order valence-corrected chi connectivity index (χ0v) is 15.3. The van der Waals surface area contributed by atoms with E-state index >= 15 is 0 Å². The molecule has 23 heavy (non-hydrogen) atoms. The highest BCUT2D eigenvalue weighted by Gasteiger charge is 2.13. The standard InChI is InChI=1S/C19H27FN2S/c1-14(6-5-11-21-3)13-22(4)18-12-19(23-15(18)2)16-7-9-17(20)10-8-16/h7-10,12,14,21H,5-6,11,13H2,1-4H3. The van der Waals surface area contributed by atoms with Crippen molar-refractivity contribution in [3.8, 4) is 10.4 Å². The summed E-state index contributed by atoms with van der Waals surface area (Å²) < 4.78 is 13.1. The summed E-state index contributed by atoms with van der Waals surface area (Å²) in [4.78, 5) is 4.87.